The summed E-state index contributed by atoms with van der Waals surface area (Å²) in [6.07, 6.45) is 12.3. The van der Waals surface area contributed by atoms with Crippen molar-refractivity contribution >= 4 is 72.0 Å². The van der Waals surface area contributed by atoms with Crippen LogP contribution in [0.4, 0.5) is 11.4 Å². The summed E-state index contributed by atoms with van der Waals surface area (Å²) >= 11 is 0. The topological polar surface area (TPSA) is 65.6 Å². The molecule has 0 fully saturated rings. The lowest BCUT2D eigenvalue weighted by Gasteiger charge is -2.37. The maximum absolute atomic E-state index is 13.2. The van der Waals surface area contributed by atoms with Gasteiger partial charge in [0, 0.05) is 55.7 Å². The van der Waals surface area contributed by atoms with Crippen LogP contribution in [0.5, 0.6) is 0 Å². The fourth-order valence-corrected chi connectivity index (χ4v) is 19.3. The van der Waals surface area contributed by atoms with E-state index in [4.69, 9.17) is 0 Å². The Labute approximate surface area is 578 Å². The van der Waals surface area contributed by atoms with Crippen LogP contribution < -0.4 is 4.90 Å². The number of hydrogen-bond donors (Lipinski definition) is 0. The first kappa shape index (κ1) is 56.2. The van der Waals surface area contributed by atoms with Gasteiger partial charge in [-0.15, -0.1) is 0 Å². The number of rotatable bonds is 8. The molecule has 3 aromatic heterocycles. The molecule has 16 aromatic rings. The first-order valence-electron chi connectivity index (χ1n) is 34.7. The van der Waals surface area contributed by atoms with E-state index in [1.165, 1.54) is 55.6 Å². The monoisotopic (exact) mass is 1270 g/mol. The Bertz CT molecular complexity index is 6180. The first-order chi connectivity index (χ1) is 49.6. The fraction of sp³-hybridized carbons (Fsp3) is 0.0638. The third-order valence-electron chi connectivity index (χ3n) is 23.0. The van der Waals surface area contributed by atoms with Gasteiger partial charge in [-0.05, 0) is 110 Å². The molecule has 100 heavy (non-hydrogen) atoms. The molecule has 0 bridgehead atoms. The number of aromatic nitrogens is 3. The third-order valence-corrected chi connectivity index (χ3v) is 23.0. The smallest absolute Gasteiger partial charge is 0.104 e. The fourth-order valence-electron chi connectivity index (χ4n) is 19.3. The Morgan fingerprint density at radius 1 is 0.350 bits per heavy atom. The van der Waals surface area contributed by atoms with E-state index in [1.54, 1.807) is 0 Å². The number of anilines is 2. The zero-order chi connectivity index (χ0) is 66.0. The van der Waals surface area contributed by atoms with Crippen molar-refractivity contribution in [3.8, 4) is 40.3 Å². The molecule has 1 aliphatic heterocycles. The Morgan fingerprint density at radius 3 is 1.34 bits per heavy atom. The maximum Gasteiger partial charge on any atom is 0.104 e. The van der Waals surface area contributed by atoms with E-state index in [1.807, 2.05) is 0 Å². The van der Waals surface area contributed by atoms with Gasteiger partial charge in [0.05, 0.1) is 67.2 Å². The Balaban J connectivity index is 0.961. The molecule has 0 radical (unpaired) electrons. The van der Waals surface area contributed by atoms with Crippen LogP contribution in [0.3, 0.4) is 0 Å². The first-order valence-corrected chi connectivity index (χ1v) is 34.7. The lowest BCUT2D eigenvalue weighted by Crippen LogP contribution is -2.31. The minimum atomic E-state index is -0.664. The van der Waals surface area contributed by atoms with Gasteiger partial charge in [-0.1, -0.05) is 297 Å². The molecule has 5 aliphatic rings. The number of para-hydroxylation sites is 5. The average molecular weight is 1270 g/mol. The predicted octanol–water partition coefficient (Wildman–Crippen LogP) is 21.7. The number of allylic oxidation sites excluding steroid dienone is 3. The second-order valence-corrected chi connectivity index (χ2v) is 27.4. The van der Waals surface area contributed by atoms with Crippen molar-refractivity contribution in [2.75, 3.05) is 4.90 Å². The molecule has 4 aliphatic carbocycles. The van der Waals surface area contributed by atoms with Gasteiger partial charge in [0.25, 0.3) is 0 Å². The van der Waals surface area contributed by atoms with Crippen LogP contribution >= 0.6 is 0 Å². The number of fused-ring (bicyclic) bond motifs is 18. The van der Waals surface area contributed by atoms with Gasteiger partial charge in [-0.2, -0.15) is 10.5 Å². The lowest BCUT2D eigenvalue weighted by molar-refractivity contribution is 0.679. The summed E-state index contributed by atoms with van der Waals surface area (Å²) in [6.45, 7) is 0. The minimum Gasteiger partial charge on any atom is -0.330 e. The van der Waals surface area contributed by atoms with E-state index in [-0.39, 0.29) is 17.9 Å². The predicted molar refractivity (Wildman–Crippen MR) is 406 cm³/mol. The van der Waals surface area contributed by atoms with E-state index in [0.29, 0.717) is 34.6 Å². The van der Waals surface area contributed by atoms with Crippen LogP contribution in [-0.4, -0.2) is 19.7 Å². The van der Waals surface area contributed by atoms with Gasteiger partial charge in [0.15, 0.2) is 0 Å². The molecule has 0 spiro atoms. The van der Waals surface area contributed by atoms with Crippen LogP contribution in [-0.2, 0) is 17.3 Å². The molecule has 3 atom stereocenters. The number of benzene rings is 13. The van der Waals surface area contributed by atoms with Crippen LogP contribution in [0.15, 0.2) is 333 Å². The average Bonchev–Trinajstić information content (AvgIpc) is 1.50. The lowest BCUT2D eigenvalue weighted by atomic mass is 9.65. The van der Waals surface area contributed by atoms with Crippen LogP contribution in [0.25, 0.3) is 88.8 Å². The van der Waals surface area contributed by atoms with Gasteiger partial charge >= 0.3 is 0 Å². The summed E-state index contributed by atoms with van der Waals surface area (Å²) < 4.78 is 7.16. The van der Waals surface area contributed by atoms with Crippen molar-refractivity contribution in [2.45, 2.75) is 35.1 Å². The quantitative estimate of drug-likeness (QED) is 0.152. The molecule has 0 saturated carbocycles. The van der Waals surface area contributed by atoms with E-state index in [9.17, 15) is 10.5 Å². The second kappa shape index (κ2) is 21.2. The van der Waals surface area contributed by atoms with Crippen molar-refractivity contribution in [3.63, 3.8) is 0 Å². The highest BCUT2D eigenvalue weighted by atomic mass is 15.2. The molecule has 6 heteroatoms. The number of nitriles is 2. The minimum absolute atomic E-state index is 0.0710. The van der Waals surface area contributed by atoms with Crippen molar-refractivity contribution in [2.24, 2.45) is 0 Å². The molecule has 3 unspecified atom stereocenters. The number of nitrogens with zero attached hydrogens (tertiary/aromatic N) is 6. The molecule has 0 amide bonds. The molecular weight excluding hydrogens is 1210 g/mol. The number of hydrogen-bond acceptors (Lipinski definition) is 3. The third kappa shape index (κ3) is 7.28. The largest absolute Gasteiger partial charge is 0.330 e. The van der Waals surface area contributed by atoms with E-state index in [2.05, 4.69) is 364 Å². The molecule has 13 aromatic carbocycles. The summed E-state index contributed by atoms with van der Waals surface area (Å²) in [4.78, 5) is 2.53. The van der Waals surface area contributed by atoms with Crippen LogP contribution in [0.2, 0.25) is 0 Å². The summed E-state index contributed by atoms with van der Waals surface area (Å²) in [6, 6.07) is 117. The molecule has 0 saturated heterocycles. The van der Waals surface area contributed by atoms with Crippen LogP contribution in [0, 0.1) is 22.7 Å². The van der Waals surface area contributed by atoms with Gasteiger partial charge < -0.3 is 18.6 Å². The van der Waals surface area contributed by atoms with Gasteiger partial charge in [0.1, 0.15) is 23.3 Å². The van der Waals surface area contributed by atoms with Crippen molar-refractivity contribution in [1.82, 2.24) is 13.7 Å². The Hall–Kier alpha value is -13.0. The Morgan fingerprint density at radius 2 is 0.790 bits per heavy atom. The summed E-state index contributed by atoms with van der Waals surface area (Å²) in [7, 11) is 0. The second-order valence-electron chi connectivity index (χ2n) is 27.4. The Kier molecular flexibility index (Phi) is 11.9. The van der Waals surface area contributed by atoms with Gasteiger partial charge in [0.2, 0.25) is 0 Å². The summed E-state index contributed by atoms with van der Waals surface area (Å²) in [5.41, 5.74) is 24.8. The molecular formula is C94H60N6. The van der Waals surface area contributed by atoms with Gasteiger partial charge in [-0.3, -0.25) is 0 Å². The van der Waals surface area contributed by atoms with Crippen molar-refractivity contribution in [1.29, 1.82) is 10.5 Å². The van der Waals surface area contributed by atoms with Gasteiger partial charge in [-0.25, -0.2) is 0 Å². The van der Waals surface area contributed by atoms with E-state index >= 15 is 0 Å². The van der Waals surface area contributed by atoms with Crippen molar-refractivity contribution < 1.29 is 0 Å². The normalized spacial score (nSPS) is 17.0. The molecule has 0 N–H and O–H groups in total. The SMILES string of the molecule is N#Cc1c(N2c3cc4c(cc3C3C=CC=CC32)C(c2ccccc2)(c2ccccc2)c2ccccc2-4)c(-n2c3ccccc3c3ccccc32)c(-n2c3c(c4ccccc42)C=C2C(C3)c3ccccc3C2(c2ccccc2)c2ccccc2)c(C#N)c1-n1c2ccccc2c2ccccc21. The summed E-state index contributed by atoms with van der Waals surface area (Å²) in [5, 5.41) is 31.6. The molecule has 21 rings (SSSR count). The standard InChI is InChI=1S/C94H60N6/c95-57-75-89(97-81-47-23-15-39-65(81)66-40-16-24-48-82(66)97)76(58-96)91(100-86-52-28-20-44-70(86)74-54-80-72(56-88(74)100)64-38-14-22-46-78(64)94(80,61-33-9-3-10-34-61)62-35-11-4-12-36-62)92(98-83-49-25-17-41-67(83)68-42-18-26-50-84(68)98)90(75)99-85-51-27-19-43-69(85)73-53-79-71(55-87(73)99)63-37-13-21-45-77(63)93(79,59-29-5-1-6-30-59)60-31-7-2-8-32-60/h1-55,69,72,85H,56H2. The van der Waals surface area contributed by atoms with E-state index < -0.39 is 10.8 Å². The van der Waals surface area contributed by atoms with Crippen molar-refractivity contribution in [3.05, 3.63) is 406 Å². The molecule has 466 valence electrons. The zero-order valence-electron chi connectivity index (χ0n) is 54.4. The highest BCUT2D eigenvalue weighted by Crippen LogP contribution is 2.64. The summed E-state index contributed by atoms with van der Waals surface area (Å²) in [5.74, 6) is -0.231. The maximum atomic E-state index is 13.2. The highest BCUT2D eigenvalue weighted by molar-refractivity contribution is 6.13. The molecule has 6 nitrogen and oxygen atoms in total. The zero-order valence-corrected chi connectivity index (χ0v) is 54.4. The van der Waals surface area contributed by atoms with Crippen LogP contribution in [0.1, 0.15) is 84.3 Å². The van der Waals surface area contributed by atoms with E-state index in [0.717, 1.165) is 88.3 Å². The highest BCUT2D eigenvalue weighted by Gasteiger charge is 2.54. The molecule has 4 heterocycles.